The summed E-state index contributed by atoms with van der Waals surface area (Å²) in [5.74, 6) is 1.60. The van der Waals surface area contributed by atoms with Gasteiger partial charge in [0.15, 0.2) is 11.6 Å². The number of aliphatic hydroxyl groups is 1. The number of aryl methyl sites for hydroxylation is 1. The Labute approximate surface area is 219 Å². The van der Waals surface area contributed by atoms with Crippen LogP contribution in [0.15, 0.2) is 60.4 Å². The van der Waals surface area contributed by atoms with Crippen LogP contribution in [0.3, 0.4) is 0 Å². The smallest absolute Gasteiger partial charge is 0.165 e. The van der Waals surface area contributed by atoms with Crippen molar-refractivity contribution in [3.63, 3.8) is 0 Å². The van der Waals surface area contributed by atoms with Crippen LogP contribution in [0.2, 0.25) is 0 Å². The number of fused-ring (bicyclic) bond motifs is 1. The van der Waals surface area contributed by atoms with Crippen LogP contribution in [0.4, 0.5) is 4.39 Å². The molecular formula is C30H39FN2O4. The largest absolute Gasteiger partial charge is 0.508 e. The number of rotatable bonds is 11. The first-order valence-electron chi connectivity index (χ1n) is 13.0. The predicted octanol–water partition coefficient (Wildman–Crippen LogP) is 4.16. The fraction of sp³-hybridized carbons (Fsp3) is 0.467. The van der Waals surface area contributed by atoms with Crippen LogP contribution in [0.5, 0.6) is 11.5 Å². The van der Waals surface area contributed by atoms with Crippen LogP contribution in [-0.4, -0.2) is 73.6 Å². The summed E-state index contributed by atoms with van der Waals surface area (Å²) in [7, 11) is 5.57. The van der Waals surface area contributed by atoms with Gasteiger partial charge in [-0.25, -0.2) is 4.39 Å². The van der Waals surface area contributed by atoms with Gasteiger partial charge in [0.1, 0.15) is 18.1 Å². The van der Waals surface area contributed by atoms with E-state index in [4.69, 9.17) is 9.47 Å². The average molecular weight is 511 g/mol. The van der Waals surface area contributed by atoms with Gasteiger partial charge in [-0.05, 0) is 98.3 Å². The summed E-state index contributed by atoms with van der Waals surface area (Å²) >= 11 is 0. The number of benzene rings is 2. The van der Waals surface area contributed by atoms with Gasteiger partial charge in [-0.15, -0.1) is 0 Å². The standard InChI is InChI=1S/C30H39FN2O4/c1-32(2)13-15-37-30-11-4-21(16-28(30)31)20-33(12-14-34)29-19-26(36-3)9-10-27(29)24-6-5-23-18-25(35)8-7-22(23)17-24/h4,7-11,16,18-19,24,27,29,34-35H,5-6,12-15,17,20H2,1-3H3/t24-,27?,29?/m1/s1. The van der Waals surface area contributed by atoms with E-state index in [0.717, 1.165) is 30.6 Å². The highest BCUT2D eigenvalue weighted by Crippen LogP contribution is 2.38. The molecule has 0 amide bonds. The molecule has 2 unspecified atom stereocenters. The molecular weight excluding hydrogens is 471 g/mol. The summed E-state index contributed by atoms with van der Waals surface area (Å²) in [6, 6.07) is 10.8. The first-order valence-corrected chi connectivity index (χ1v) is 13.0. The van der Waals surface area contributed by atoms with Gasteiger partial charge < -0.3 is 24.6 Å². The van der Waals surface area contributed by atoms with E-state index in [9.17, 15) is 14.6 Å². The summed E-state index contributed by atoms with van der Waals surface area (Å²) in [5.41, 5.74) is 3.33. The zero-order valence-corrected chi connectivity index (χ0v) is 22.1. The van der Waals surface area contributed by atoms with Gasteiger partial charge in [-0.1, -0.05) is 18.2 Å². The lowest BCUT2D eigenvalue weighted by Gasteiger charge is -2.41. The highest BCUT2D eigenvalue weighted by molar-refractivity contribution is 5.37. The minimum Gasteiger partial charge on any atom is -0.508 e. The Morgan fingerprint density at radius 2 is 1.92 bits per heavy atom. The third kappa shape index (κ3) is 6.92. The van der Waals surface area contributed by atoms with Crippen molar-refractivity contribution in [1.82, 2.24) is 9.80 Å². The van der Waals surface area contributed by atoms with Gasteiger partial charge in [0.2, 0.25) is 0 Å². The quantitative estimate of drug-likeness (QED) is 0.474. The molecule has 3 atom stereocenters. The number of hydrogen-bond donors (Lipinski definition) is 2. The minimum absolute atomic E-state index is 0.00405. The molecule has 200 valence electrons. The molecule has 0 fully saturated rings. The lowest BCUT2D eigenvalue weighted by Crippen LogP contribution is -2.44. The van der Waals surface area contributed by atoms with Gasteiger partial charge in [-0.2, -0.15) is 0 Å². The molecule has 4 rings (SSSR count). The maximum Gasteiger partial charge on any atom is 0.165 e. The monoisotopic (exact) mass is 510 g/mol. The Morgan fingerprint density at radius 1 is 1.08 bits per heavy atom. The van der Waals surface area contributed by atoms with Crippen molar-refractivity contribution in [2.75, 3.05) is 47.5 Å². The molecule has 2 aliphatic carbocycles. The molecule has 37 heavy (non-hydrogen) atoms. The second-order valence-corrected chi connectivity index (χ2v) is 10.3. The van der Waals surface area contributed by atoms with Crippen LogP contribution in [0.1, 0.15) is 23.1 Å². The van der Waals surface area contributed by atoms with Crippen LogP contribution >= 0.6 is 0 Å². The van der Waals surface area contributed by atoms with Gasteiger partial charge in [0.25, 0.3) is 0 Å². The molecule has 2 aromatic carbocycles. The number of likely N-dealkylation sites (N-methyl/N-ethyl adjacent to an activating group) is 1. The topological polar surface area (TPSA) is 65.4 Å². The summed E-state index contributed by atoms with van der Waals surface area (Å²) < 4.78 is 26.0. The molecule has 0 bridgehead atoms. The fourth-order valence-corrected chi connectivity index (χ4v) is 5.47. The molecule has 0 spiro atoms. The van der Waals surface area contributed by atoms with Gasteiger partial charge in [0.05, 0.1) is 13.7 Å². The second kappa shape index (κ2) is 12.6. The summed E-state index contributed by atoms with van der Waals surface area (Å²) in [5, 5.41) is 19.8. The van der Waals surface area contributed by atoms with Crippen molar-refractivity contribution in [1.29, 1.82) is 0 Å². The highest BCUT2D eigenvalue weighted by Gasteiger charge is 2.35. The maximum atomic E-state index is 14.8. The lowest BCUT2D eigenvalue weighted by atomic mass is 9.72. The Bertz CT molecular complexity index is 1120. The number of allylic oxidation sites excluding steroid dienone is 1. The molecule has 0 aliphatic heterocycles. The van der Waals surface area contributed by atoms with Crippen molar-refractivity contribution < 1.29 is 24.1 Å². The minimum atomic E-state index is -0.374. The Morgan fingerprint density at radius 3 is 2.65 bits per heavy atom. The Balaban J connectivity index is 1.53. The van der Waals surface area contributed by atoms with E-state index in [1.165, 1.54) is 17.2 Å². The number of halogens is 1. The zero-order valence-electron chi connectivity index (χ0n) is 22.1. The van der Waals surface area contributed by atoms with E-state index < -0.39 is 0 Å². The molecule has 0 saturated carbocycles. The number of aliphatic hydroxyl groups excluding tert-OH is 1. The molecule has 2 aromatic rings. The summed E-state index contributed by atoms with van der Waals surface area (Å²) in [6.45, 7) is 2.09. The number of methoxy groups -OCH3 is 1. The third-order valence-corrected chi connectivity index (χ3v) is 7.44. The van der Waals surface area contributed by atoms with Crippen LogP contribution < -0.4 is 4.74 Å². The fourth-order valence-electron chi connectivity index (χ4n) is 5.47. The average Bonchev–Trinajstić information content (AvgIpc) is 2.89. The van der Waals surface area contributed by atoms with Gasteiger partial charge in [-0.3, -0.25) is 4.90 Å². The molecule has 2 aliphatic rings. The van der Waals surface area contributed by atoms with Crippen molar-refractivity contribution >= 4 is 0 Å². The van der Waals surface area contributed by atoms with Crippen LogP contribution in [0, 0.1) is 17.7 Å². The van der Waals surface area contributed by atoms with E-state index in [1.807, 2.05) is 43.3 Å². The summed E-state index contributed by atoms with van der Waals surface area (Å²) in [6.07, 6.45) is 9.25. The Hall–Kier alpha value is -2.87. The number of nitrogens with zero attached hydrogens (tertiary/aromatic N) is 2. The number of hydrogen-bond acceptors (Lipinski definition) is 6. The van der Waals surface area contributed by atoms with Gasteiger partial charge >= 0.3 is 0 Å². The van der Waals surface area contributed by atoms with E-state index >= 15 is 0 Å². The number of phenols is 1. The molecule has 0 aromatic heterocycles. The van der Waals surface area contributed by atoms with E-state index in [-0.39, 0.29) is 30.1 Å². The van der Waals surface area contributed by atoms with Crippen molar-refractivity contribution in [2.24, 2.45) is 11.8 Å². The molecule has 0 saturated heterocycles. The second-order valence-electron chi connectivity index (χ2n) is 10.3. The van der Waals surface area contributed by atoms with Crippen LogP contribution in [0.25, 0.3) is 0 Å². The first kappa shape index (κ1) is 27.2. The van der Waals surface area contributed by atoms with E-state index in [0.29, 0.717) is 37.9 Å². The van der Waals surface area contributed by atoms with E-state index in [2.05, 4.69) is 17.1 Å². The number of phenolic OH excluding ortho intramolecular Hbond substituents is 1. The molecule has 6 nitrogen and oxygen atoms in total. The zero-order chi connectivity index (χ0) is 26.4. The van der Waals surface area contributed by atoms with Crippen LogP contribution in [-0.2, 0) is 24.1 Å². The SMILES string of the molecule is COC1=CC(N(CCO)Cc2ccc(OCCN(C)C)c(F)c2)C([C@@H]2CCc3cc(O)ccc3C2)C=C1. The molecule has 2 N–H and O–H groups in total. The van der Waals surface area contributed by atoms with Gasteiger partial charge in [0, 0.05) is 25.7 Å². The molecule has 7 heteroatoms. The first-order chi connectivity index (χ1) is 17.9. The third-order valence-electron chi connectivity index (χ3n) is 7.44. The Kier molecular flexibility index (Phi) is 9.24. The van der Waals surface area contributed by atoms with E-state index in [1.54, 1.807) is 19.2 Å². The predicted molar refractivity (Wildman–Crippen MR) is 143 cm³/mol. The molecule has 0 radical (unpaired) electrons. The number of ether oxygens (including phenoxy) is 2. The molecule has 0 heterocycles. The lowest BCUT2D eigenvalue weighted by molar-refractivity contribution is 0.115. The van der Waals surface area contributed by atoms with Crippen molar-refractivity contribution in [2.45, 2.75) is 31.8 Å². The maximum absolute atomic E-state index is 14.8. The highest BCUT2D eigenvalue weighted by atomic mass is 19.1. The normalized spacial score (nSPS) is 21.2. The van der Waals surface area contributed by atoms with Crippen molar-refractivity contribution in [3.05, 3.63) is 82.9 Å². The van der Waals surface area contributed by atoms with Crippen molar-refractivity contribution in [3.8, 4) is 11.5 Å². The number of aromatic hydroxyl groups is 1. The summed E-state index contributed by atoms with van der Waals surface area (Å²) in [4.78, 5) is 4.20.